The van der Waals surface area contributed by atoms with Gasteiger partial charge in [-0.2, -0.15) is 0 Å². The first kappa shape index (κ1) is 12.7. The molecule has 0 spiro atoms. The van der Waals surface area contributed by atoms with Crippen LogP contribution in [0.4, 0.5) is 5.69 Å². The molecule has 1 aromatic carbocycles. The van der Waals surface area contributed by atoms with Crippen LogP contribution < -0.4 is 5.32 Å². The van der Waals surface area contributed by atoms with Crippen molar-refractivity contribution in [3.63, 3.8) is 0 Å². The molecular weight excluding hydrogens is 305 g/mol. The summed E-state index contributed by atoms with van der Waals surface area (Å²) in [5.41, 5.74) is 2.49. The molecule has 96 valence electrons. The molecule has 2 aromatic rings. The number of thiophene rings is 1. The Morgan fingerprint density at radius 3 is 2.74 bits per heavy atom. The Balaban J connectivity index is 1.99. The van der Waals surface area contributed by atoms with E-state index < -0.39 is 0 Å². The molecule has 0 atom stereocenters. The number of anilines is 1. The van der Waals surface area contributed by atoms with E-state index in [0.29, 0.717) is 26.2 Å². The van der Waals surface area contributed by atoms with Gasteiger partial charge in [-0.3, -0.25) is 9.59 Å². The molecule has 0 aliphatic carbocycles. The first-order chi connectivity index (χ1) is 9.04. The molecule has 1 aromatic heterocycles. The molecule has 1 aliphatic heterocycles. The van der Waals surface area contributed by atoms with Gasteiger partial charge in [-0.15, -0.1) is 11.3 Å². The number of halogens is 2. The standard InChI is InChI=1S/C13H7Cl2NO2S/c14-10-5-8(13(15)19-10)12(18)6-1-2-9-7(3-6)4-11(17)16-9/h1-3,5H,4H2,(H,16,17). The van der Waals surface area contributed by atoms with E-state index in [1.807, 2.05) is 0 Å². The Morgan fingerprint density at radius 1 is 1.26 bits per heavy atom. The Kier molecular flexibility index (Phi) is 3.09. The summed E-state index contributed by atoms with van der Waals surface area (Å²) in [6.07, 6.45) is 0.300. The number of benzene rings is 1. The molecule has 0 saturated heterocycles. The molecule has 1 aliphatic rings. The minimum absolute atomic E-state index is 0.0591. The van der Waals surface area contributed by atoms with Gasteiger partial charge < -0.3 is 5.32 Å². The quantitative estimate of drug-likeness (QED) is 0.858. The summed E-state index contributed by atoms with van der Waals surface area (Å²) in [5.74, 6) is -0.244. The summed E-state index contributed by atoms with van der Waals surface area (Å²) in [4.78, 5) is 23.6. The van der Waals surface area contributed by atoms with Crippen LogP contribution in [0.5, 0.6) is 0 Å². The number of nitrogens with one attached hydrogen (secondary N) is 1. The topological polar surface area (TPSA) is 46.2 Å². The van der Waals surface area contributed by atoms with Crippen LogP contribution in [-0.2, 0) is 11.2 Å². The lowest BCUT2D eigenvalue weighted by atomic mass is 10.0. The first-order valence-electron chi connectivity index (χ1n) is 5.47. The van der Waals surface area contributed by atoms with Crippen LogP contribution in [0.1, 0.15) is 21.5 Å². The maximum absolute atomic E-state index is 12.3. The fourth-order valence-corrected chi connectivity index (χ4v) is 3.48. The summed E-state index contributed by atoms with van der Waals surface area (Å²) in [5, 5.41) is 2.72. The predicted octanol–water partition coefficient (Wildman–Crippen LogP) is 3.78. The Bertz CT molecular complexity index is 709. The second-order valence-electron chi connectivity index (χ2n) is 4.16. The van der Waals surface area contributed by atoms with Crippen molar-refractivity contribution < 1.29 is 9.59 Å². The third kappa shape index (κ3) is 2.27. The highest BCUT2D eigenvalue weighted by Gasteiger charge is 2.21. The van der Waals surface area contributed by atoms with E-state index >= 15 is 0 Å². The van der Waals surface area contributed by atoms with Gasteiger partial charge in [0.15, 0.2) is 5.78 Å². The van der Waals surface area contributed by atoms with Gasteiger partial charge in [0.1, 0.15) is 4.34 Å². The average molecular weight is 312 g/mol. The maximum atomic E-state index is 12.3. The highest BCUT2D eigenvalue weighted by Crippen LogP contribution is 2.33. The fourth-order valence-electron chi connectivity index (χ4n) is 2.02. The SMILES string of the molecule is O=C1Cc2cc(C(=O)c3cc(Cl)sc3Cl)ccc2N1. The van der Waals surface area contributed by atoms with E-state index in [1.54, 1.807) is 24.3 Å². The molecule has 0 fully saturated rings. The van der Waals surface area contributed by atoms with E-state index in [1.165, 1.54) is 0 Å². The van der Waals surface area contributed by atoms with Gasteiger partial charge in [0.25, 0.3) is 0 Å². The summed E-state index contributed by atoms with van der Waals surface area (Å²) in [6, 6.07) is 6.69. The minimum Gasteiger partial charge on any atom is -0.326 e. The molecule has 3 nitrogen and oxygen atoms in total. The molecule has 0 unspecified atom stereocenters. The zero-order chi connectivity index (χ0) is 13.6. The highest BCUT2D eigenvalue weighted by atomic mass is 35.5. The van der Waals surface area contributed by atoms with Gasteiger partial charge in [-0.1, -0.05) is 23.2 Å². The van der Waals surface area contributed by atoms with Crippen LogP contribution in [0.15, 0.2) is 24.3 Å². The normalized spacial score (nSPS) is 13.3. The molecule has 2 heterocycles. The Labute approximate surface area is 123 Å². The van der Waals surface area contributed by atoms with Crippen molar-refractivity contribution in [2.45, 2.75) is 6.42 Å². The number of carbonyl (C=O) groups excluding carboxylic acids is 2. The molecular formula is C13H7Cl2NO2S. The number of hydrogen-bond acceptors (Lipinski definition) is 3. The van der Waals surface area contributed by atoms with E-state index in [9.17, 15) is 9.59 Å². The average Bonchev–Trinajstić information content (AvgIpc) is 2.88. The van der Waals surface area contributed by atoms with Crippen molar-refractivity contribution in [3.05, 3.63) is 49.6 Å². The molecule has 19 heavy (non-hydrogen) atoms. The Morgan fingerprint density at radius 2 is 2.05 bits per heavy atom. The van der Waals surface area contributed by atoms with Crippen molar-refractivity contribution in [2.24, 2.45) is 0 Å². The van der Waals surface area contributed by atoms with E-state index in [-0.39, 0.29) is 11.7 Å². The number of hydrogen-bond donors (Lipinski definition) is 1. The fraction of sp³-hybridized carbons (Fsp3) is 0.0769. The van der Waals surface area contributed by atoms with Crippen molar-refractivity contribution in [2.75, 3.05) is 5.32 Å². The monoisotopic (exact) mass is 311 g/mol. The maximum Gasteiger partial charge on any atom is 0.228 e. The zero-order valence-corrected chi connectivity index (χ0v) is 11.8. The van der Waals surface area contributed by atoms with Crippen LogP contribution >= 0.6 is 34.5 Å². The smallest absolute Gasteiger partial charge is 0.228 e. The van der Waals surface area contributed by atoms with Gasteiger partial charge in [0.05, 0.1) is 16.3 Å². The second kappa shape index (κ2) is 4.63. The van der Waals surface area contributed by atoms with Gasteiger partial charge >= 0.3 is 0 Å². The summed E-state index contributed by atoms with van der Waals surface area (Å²) in [6.45, 7) is 0. The van der Waals surface area contributed by atoms with Crippen molar-refractivity contribution in [1.82, 2.24) is 0 Å². The largest absolute Gasteiger partial charge is 0.326 e. The van der Waals surface area contributed by atoms with Crippen LogP contribution in [0.25, 0.3) is 0 Å². The second-order valence-corrected chi connectivity index (χ2v) is 6.45. The number of rotatable bonds is 2. The van der Waals surface area contributed by atoms with Crippen molar-refractivity contribution in [3.8, 4) is 0 Å². The van der Waals surface area contributed by atoms with Crippen molar-refractivity contribution in [1.29, 1.82) is 0 Å². The van der Waals surface area contributed by atoms with Gasteiger partial charge in [0.2, 0.25) is 5.91 Å². The lowest BCUT2D eigenvalue weighted by Gasteiger charge is -2.02. The van der Waals surface area contributed by atoms with E-state index in [0.717, 1.165) is 22.6 Å². The summed E-state index contributed by atoms with van der Waals surface area (Å²) in [7, 11) is 0. The first-order valence-corrected chi connectivity index (χ1v) is 7.04. The molecule has 1 amide bonds. The van der Waals surface area contributed by atoms with E-state index in [2.05, 4.69) is 5.32 Å². The highest BCUT2D eigenvalue weighted by molar-refractivity contribution is 7.20. The third-order valence-corrected chi connectivity index (χ3v) is 4.38. The summed E-state index contributed by atoms with van der Waals surface area (Å²) < 4.78 is 0.857. The molecule has 0 saturated carbocycles. The van der Waals surface area contributed by atoms with Gasteiger partial charge in [0, 0.05) is 11.3 Å². The number of ketones is 1. The van der Waals surface area contributed by atoms with Gasteiger partial charge in [-0.05, 0) is 29.8 Å². The van der Waals surface area contributed by atoms with Crippen LogP contribution in [0.3, 0.4) is 0 Å². The molecule has 1 N–H and O–H groups in total. The van der Waals surface area contributed by atoms with Crippen LogP contribution in [-0.4, -0.2) is 11.7 Å². The Hall–Kier alpha value is -1.36. The van der Waals surface area contributed by atoms with Crippen LogP contribution in [0, 0.1) is 0 Å². The lowest BCUT2D eigenvalue weighted by Crippen LogP contribution is -2.03. The number of amides is 1. The molecule has 0 bridgehead atoms. The van der Waals surface area contributed by atoms with Crippen molar-refractivity contribution >= 4 is 51.9 Å². The lowest BCUT2D eigenvalue weighted by molar-refractivity contribution is -0.115. The zero-order valence-electron chi connectivity index (χ0n) is 9.50. The van der Waals surface area contributed by atoms with Crippen LogP contribution in [0.2, 0.25) is 8.67 Å². The van der Waals surface area contributed by atoms with Gasteiger partial charge in [-0.25, -0.2) is 0 Å². The summed E-state index contributed by atoms with van der Waals surface area (Å²) >= 11 is 13.0. The number of fused-ring (bicyclic) bond motifs is 1. The molecule has 0 radical (unpaired) electrons. The number of carbonyl (C=O) groups is 2. The third-order valence-electron chi connectivity index (χ3n) is 2.89. The molecule has 3 rings (SSSR count). The molecule has 6 heteroatoms. The minimum atomic E-state index is -0.185. The predicted molar refractivity (Wildman–Crippen MR) is 76.5 cm³/mol. The van der Waals surface area contributed by atoms with E-state index in [4.69, 9.17) is 23.2 Å².